The van der Waals surface area contributed by atoms with Gasteiger partial charge in [-0.25, -0.2) is 4.79 Å². The zero-order valence-corrected chi connectivity index (χ0v) is 14.1. The van der Waals surface area contributed by atoms with E-state index in [1.807, 2.05) is 13.8 Å². The van der Waals surface area contributed by atoms with E-state index in [9.17, 15) is 24.9 Å². The van der Waals surface area contributed by atoms with Crippen LogP contribution in [0.15, 0.2) is 45.6 Å². The summed E-state index contributed by atoms with van der Waals surface area (Å²) in [5.74, 6) is -1.55. The number of aryl methyl sites for hydroxylation is 2. The van der Waals surface area contributed by atoms with Crippen molar-refractivity contribution >= 4 is 22.8 Å². The van der Waals surface area contributed by atoms with Crippen molar-refractivity contribution in [3.63, 3.8) is 0 Å². The number of hydrogen-bond acceptors (Lipinski definition) is 6. The molecule has 0 fully saturated rings. The second kappa shape index (κ2) is 6.40. The van der Waals surface area contributed by atoms with Gasteiger partial charge in [-0.3, -0.25) is 4.79 Å². The second-order valence-electron chi connectivity index (χ2n) is 5.99. The van der Waals surface area contributed by atoms with Gasteiger partial charge >= 0.3 is 5.63 Å². The van der Waals surface area contributed by atoms with Gasteiger partial charge in [-0.1, -0.05) is 0 Å². The Labute approximate surface area is 148 Å². The van der Waals surface area contributed by atoms with Crippen LogP contribution in [-0.2, 0) is 0 Å². The number of rotatable bonds is 3. The van der Waals surface area contributed by atoms with Crippen LogP contribution in [-0.4, -0.2) is 21.1 Å². The molecule has 0 saturated carbocycles. The highest BCUT2D eigenvalue weighted by Crippen LogP contribution is 2.29. The summed E-state index contributed by atoms with van der Waals surface area (Å²) in [5.41, 5.74) is 0.823. The maximum atomic E-state index is 12.4. The largest absolute Gasteiger partial charge is 0.508 e. The molecule has 3 aromatic rings. The molecule has 6 heteroatoms. The fraction of sp³-hybridized carbons (Fsp3) is 0.100. The molecule has 3 N–H and O–H groups in total. The third-order valence-corrected chi connectivity index (χ3v) is 4.17. The third kappa shape index (κ3) is 3.04. The summed E-state index contributed by atoms with van der Waals surface area (Å²) in [6, 6.07) is 7.15. The van der Waals surface area contributed by atoms with E-state index in [0.29, 0.717) is 0 Å². The topological polar surface area (TPSA) is 108 Å². The number of phenols is 2. The van der Waals surface area contributed by atoms with Gasteiger partial charge in [0, 0.05) is 11.6 Å². The quantitative estimate of drug-likeness (QED) is 0.379. The maximum Gasteiger partial charge on any atom is 0.351 e. The lowest BCUT2D eigenvalue weighted by molar-refractivity contribution is 0.104. The highest BCUT2D eigenvalue weighted by atomic mass is 16.4. The van der Waals surface area contributed by atoms with Crippen LogP contribution in [0.4, 0.5) is 0 Å². The molecule has 0 bridgehead atoms. The van der Waals surface area contributed by atoms with Crippen molar-refractivity contribution in [1.82, 2.24) is 0 Å². The normalized spacial score (nSPS) is 11.3. The molecule has 3 rings (SSSR count). The molecule has 0 atom stereocenters. The highest BCUT2D eigenvalue weighted by Gasteiger charge is 2.19. The average molecular weight is 352 g/mol. The van der Waals surface area contributed by atoms with Crippen LogP contribution in [0.25, 0.3) is 17.0 Å². The summed E-state index contributed by atoms with van der Waals surface area (Å²) in [6.07, 6.45) is 2.32. The molecule has 6 nitrogen and oxygen atoms in total. The van der Waals surface area contributed by atoms with Crippen LogP contribution in [0.3, 0.4) is 0 Å². The van der Waals surface area contributed by atoms with E-state index in [1.165, 1.54) is 18.2 Å². The van der Waals surface area contributed by atoms with Gasteiger partial charge in [0.15, 0.2) is 5.78 Å². The Kier molecular flexibility index (Phi) is 4.26. The fourth-order valence-corrected chi connectivity index (χ4v) is 2.58. The molecular weight excluding hydrogens is 336 g/mol. The predicted octanol–water partition coefficient (Wildman–Crippen LogP) is 3.42. The minimum absolute atomic E-state index is 0.121. The molecule has 0 aliphatic heterocycles. The van der Waals surface area contributed by atoms with Crippen LogP contribution in [0.1, 0.15) is 27.0 Å². The van der Waals surface area contributed by atoms with Crippen molar-refractivity contribution in [1.29, 1.82) is 0 Å². The van der Waals surface area contributed by atoms with E-state index in [-0.39, 0.29) is 28.0 Å². The van der Waals surface area contributed by atoms with Gasteiger partial charge in [-0.05, 0) is 61.4 Å². The van der Waals surface area contributed by atoms with Crippen LogP contribution >= 0.6 is 0 Å². The molecule has 1 heterocycles. The maximum absolute atomic E-state index is 12.4. The van der Waals surface area contributed by atoms with Crippen molar-refractivity contribution in [3.05, 3.63) is 69.1 Å². The zero-order chi connectivity index (χ0) is 19.0. The number of hydrogen-bond donors (Lipinski definition) is 3. The molecule has 0 radical (unpaired) electrons. The first-order valence-corrected chi connectivity index (χ1v) is 7.79. The summed E-state index contributed by atoms with van der Waals surface area (Å²) in [7, 11) is 0. The van der Waals surface area contributed by atoms with Crippen molar-refractivity contribution in [2.45, 2.75) is 13.8 Å². The number of carbonyl (C=O) groups excluding carboxylic acids is 1. The number of allylic oxidation sites excluding steroid dienone is 1. The molecule has 2 aromatic carbocycles. The van der Waals surface area contributed by atoms with Crippen molar-refractivity contribution in [3.8, 4) is 17.2 Å². The van der Waals surface area contributed by atoms with Crippen molar-refractivity contribution < 1.29 is 24.5 Å². The number of fused-ring (bicyclic) bond motifs is 1. The minimum Gasteiger partial charge on any atom is -0.508 e. The lowest BCUT2D eigenvalue weighted by Crippen LogP contribution is -2.13. The smallest absolute Gasteiger partial charge is 0.351 e. The summed E-state index contributed by atoms with van der Waals surface area (Å²) in [5, 5.41) is 29.7. The number of aromatic hydroxyl groups is 3. The van der Waals surface area contributed by atoms with Gasteiger partial charge in [0.2, 0.25) is 0 Å². The first kappa shape index (κ1) is 17.3. The Balaban J connectivity index is 2.07. The van der Waals surface area contributed by atoms with E-state index < -0.39 is 22.7 Å². The van der Waals surface area contributed by atoms with E-state index in [0.717, 1.165) is 23.3 Å². The Morgan fingerprint density at radius 1 is 1.04 bits per heavy atom. The predicted molar refractivity (Wildman–Crippen MR) is 96.8 cm³/mol. The molecule has 1 aromatic heterocycles. The van der Waals surface area contributed by atoms with E-state index >= 15 is 0 Å². The second-order valence-corrected chi connectivity index (χ2v) is 5.99. The molecule has 0 aliphatic rings. The Morgan fingerprint density at radius 2 is 1.73 bits per heavy atom. The summed E-state index contributed by atoms with van der Waals surface area (Å²) >= 11 is 0. The molecular formula is C20H16O6. The number of ketones is 1. The van der Waals surface area contributed by atoms with Crippen molar-refractivity contribution in [2.24, 2.45) is 0 Å². The van der Waals surface area contributed by atoms with Gasteiger partial charge < -0.3 is 19.7 Å². The third-order valence-electron chi connectivity index (χ3n) is 4.17. The zero-order valence-electron chi connectivity index (χ0n) is 14.1. The molecule has 0 aliphatic carbocycles. The molecule has 0 saturated heterocycles. The van der Waals surface area contributed by atoms with Crippen molar-refractivity contribution in [2.75, 3.05) is 0 Å². The van der Waals surface area contributed by atoms with Crippen LogP contribution in [0.2, 0.25) is 0 Å². The fourth-order valence-electron chi connectivity index (χ4n) is 2.58. The van der Waals surface area contributed by atoms with Gasteiger partial charge in [0.25, 0.3) is 0 Å². The first-order valence-electron chi connectivity index (χ1n) is 7.79. The van der Waals surface area contributed by atoms with Crippen LogP contribution in [0.5, 0.6) is 17.2 Å². The molecule has 0 unspecified atom stereocenters. The van der Waals surface area contributed by atoms with Gasteiger partial charge in [0.05, 0.1) is 5.39 Å². The molecule has 132 valence electrons. The van der Waals surface area contributed by atoms with E-state index in [2.05, 4.69) is 0 Å². The van der Waals surface area contributed by atoms with Gasteiger partial charge in [-0.2, -0.15) is 0 Å². The van der Waals surface area contributed by atoms with Gasteiger partial charge in [0.1, 0.15) is 28.4 Å². The average Bonchev–Trinajstić information content (AvgIpc) is 2.56. The van der Waals surface area contributed by atoms with E-state index in [1.54, 1.807) is 12.1 Å². The van der Waals surface area contributed by atoms with Crippen LogP contribution in [0, 0.1) is 13.8 Å². The Morgan fingerprint density at radius 3 is 2.42 bits per heavy atom. The minimum atomic E-state index is -0.942. The van der Waals surface area contributed by atoms with Gasteiger partial charge in [-0.15, -0.1) is 0 Å². The number of phenolic OH excluding ortho intramolecular Hbond substituents is 2. The monoisotopic (exact) mass is 352 g/mol. The first-order chi connectivity index (χ1) is 12.3. The molecule has 26 heavy (non-hydrogen) atoms. The van der Waals surface area contributed by atoms with E-state index in [4.69, 9.17) is 4.42 Å². The number of benzene rings is 2. The summed E-state index contributed by atoms with van der Waals surface area (Å²) in [6.45, 7) is 3.69. The number of carbonyl (C=O) groups is 1. The highest BCUT2D eigenvalue weighted by molar-refractivity contribution is 6.10. The molecule has 0 spiro atoms. The summed E-state index contributed by atoms with van der Waals surface area (Å²) in [4.78, 5) is 24.5. The SMILES string of the molecule is Cc1cc2oc(=O)c(C(=O)/C=C/c3ccc(O)cc3O)c(O)c2cc1C. The van der Waals surface area contributed by atoms with Crippen LogP contribution < -0.4 is 5.63 Å². The lowest BCUT2D eigenvalue weighted by Gasteiger charge is -2.07. The Bertz CT molecular complexity index is 1120. The lowest BCUT2D eigenvalue weighted by atomic mass is 10.0. The standard InChI is InChI=1S/C20H16O6/c1-10-7-14-17(8-11(10)2)26-20(25)18(19(14)24)15(22)6-4-12-3-5-13(21)9-16(12)23/h3-9,21,23-24H,1-2H3/b6-4+. The molecule has 0 amide bonds. The Hall–Kier alpha value is -3.54. The summed E-state index contributed by atoms with van der Waals surface area (Å²) < 4.78 is 5.17.